The van der Waals surface area contributed by atoms with E-state index in [1.807, 2.05) is 0 Å². The van der Waals surface area contributed by atoms with Crippen LogP contribution >= 0.6 is 0 Å². The van der Waals surface area contributed by atoms with Crippen LogP contribution in [0.4, 0.5) is 39.5 Å². The van der Waals surface area contributed by atoms with Crippen molar-refractivity contribution in [3.8, 4) is 0 Å². The molecule has 0 aromatic carbocycles. The van der Waals surface area contributed by atoms with Crippen molar-refractivity contribution in [1.82, 2.24) is 0 Å². The molecule has 1 atom stereocenters. The van der Waals surface area contributed by atoms with E-state index in [0.29, 0.717) is 0 Å². The highest BCUT2D eigenvalue weighted by Gasteiger charge is 2.82. The van der Waals surface area contributed by atoms with E-state index in [1.54, 1.807) is 0 Å². The number of hydrogen-bond donors (Lipinski definition) is 1. The standard InChI is InChI=1S/C18H29F9O3S/c1-4-13(11-9-7-8-10-12-15(19,20)21)14(5-2,6-3)16(22,23)17(24,25)18(26,27)31(28,29)30/h13H,4-12H2,1-3H3,(H,28,29,30). The zero-order valence-corrected chi connectivity index (χ0v) is 18.3. The van der Waals surface area contributed by atoms with E-state index in [1.165, 1.54) is 6.92 Å². The smallest absolute Gasteiger partial charge is 0.281 e. The molecule has 0 spiro atoms. The SMILES string of the molecule is CCC(CCCCCCC(F)(F)F)C(CC)(CC)C(F)(F)C(F)(F)C(F)(F)S(=O)(=O)O. The zero-order chi connectivity index (χ0) is 24.9. The second-order valence-corrected chi connectivity index (χ2v) is 9.14. The quantitative estimate of drug-likeness (QED) is 0.154. The lowest BCUT2D eigenvalue weighted by molar-refractivity contribution is -0.332. The molecular weight excluding hydrogens is 467 g/mol. The van der Waals surface area contributed by atoms with Gasteiger partial charge in [0, 0.05) is 11.8 Å². The third-order valence-corrected chi connectivity index (χ3v) is 6.91. The van der Waals surface area contributed by atoms with Crippen LogP contribution in [-0.4, -0.2) is 36.2 Å². The van der Waals surface area contributed by atoms with Crippen molar-refractivity contribution >= 4 is 10.1 Å². The van der Waals surface area contributed by atoms with Crippen molar-refractivity contribution in [3.63, 3.8) is 0 Å². The first-order valence-corrected chi connectivity index (χ1v) is 11.4. The first-order valence-electron chi connectivity index (χ1n) is 9.96. The Labute approximate surface area is 176 Å². The molecule has 0 aromatic heterocycles. The van der Waals surface area contributed by atoms with Crippen molar-refractivity contribution in [3.05, 3.63) is 0 Å². The molecule has 31 heavy (non-hydrogen) atoms. The van der Waals surface area contributed by atoms with Crippen molar-refractivity contribution in [1.29, 1.82) is 0 Å². The Kier molecular flexibility index (Phi) is 10.2. The van der Waals surface area contributed by atoms with Gasteiger partial charge in [0.2, 0.25) is 0 Å². The van der Waals surface area contributed by atoms with Crippen LogP contribution in [0.15, 0.2) is 0 Å². The lowest BCUT2D eigenvalue weighted by Gasteiger charge is -2.48. The van der Waals surface area contributed by atoms with Crippen LogP contribution in [0.3, 0.4) is 0 Å². The average Bonchev–Trinajstić information content (AvgIpc) is 2.61. The molecule has 1 unspecified atom stereocenters. The van der Waals surface area contributed by atoms with Gasteiger partial charge in [0.15, 0.2) is 0 Å². The topological polar surface area (TPSA) is 54.4 Å². The van der Waals surface area contributed by atoms with E-state index in [9.17, 15) is 39.2 Å². The summed E-state index contributed by atoms with van der Waals surface area (Å²) in [7, 11) is -6.85. The molecule has 0 fully saturated rings. The fourth-order valence-electron chi connectivity index (χ4n) is 4.13. The highest BCUT2D eigenvalue weighted by Crippen LogP contribution is 2.61. The zero-order valence-electron chi connectivity index (χ0n) is 17.5. The van der Waals surface area contributed by atoms with Gasteiger partial charge in [0.05, 0.1) is 0 Å². The number of hydrogen-bond acceptors (Lipinski definition) is 2. The van der Waals surface area contributed by atoms with Crippen LogP contribution in [-0.2, 0) is 10.1 Å². The Bertz CT molecular complexity index is 657. The van der Waals surface area contributed by atoms with Crippen LogP contribution in [0, 0.1) is 11.3 Å². The molecule has 0 aliphatic carbocycles. The van der Waals surface area contributed by atoms with Gasteiger partial charge in [-0.3, -0.25) is 4.55 Å². The fraction of sp³-hybridized carbons (Fsp3) is 1.00. The molecule has 0 aromatic rings. The summed E-state index contributed by atoms with van der Waals surface area (Å²) < 4.78 is 152. The van der Waals surface area contributed by atoms with E-state index < -0.39 is 64.0 Å². The molecule has 188 valence electrons. The summed E-state index contributed by atoms with van der Waals surface area (Å²) in [5.74, 6) is -13.2. The number of unbranched alkanes of at least 4 members (excludes halogenated alkanes) is 3. The Hall–Kier alpha value is -0.720. The van der Waals surface area contributed by atoms with Gasteiger partial charge in [-0.05, 0) is 31.6 Å². The lowest BCUT2D eigenvalue weighted by atomic mass is 9.62. The third-order valence-electron chi connectivity index (χ3n) is 6.01. The summed E-state index contributed by atoms with van der Waals surface area (Å²) >= 11 is 0. The molecule has 0 radical (unpaired) electrons. The molecule has 0 bridgehead atoms. The Morgan fingerprint density at radius 2 is 1.19 bits per heavy atom. The molecule has 0 aliphatic heterocycles. The highest BCUT2D eigenvalue weighted by atomic mass is 32.2. The van der Waals surface area contributed by atoms with Gasteiger partial charge < -0.3 is 0 Å². The second-order valence-electron chi connectivity index (χ2n) is 7.68. The van der Waals surface area contributed by atoms with Crippen molar-refractivity contribution < 1.29 is 52.5 Å². The van der Waals surface area contributed by atoms with Gasteiger partial charge in [-0.15, -0.1) is 0 Å². The summed E-state index contributed by atoms with van der Waals surface area (Å²) in [6.07, 6.45) is -6.80. The molecular formula is C18H29F9O3S. The van der Waals surface area contributed by atoms with Crippen LogP contribution in [0.5, 0.6) is 0 Å². The maximum Gasteiger partial charge on any atom is 0.437 e. The Morgan fingerprint density at radius 1 is 0.742 bits per heavy atom. The van der Waals surface area contributed by atoms with E-state index in [0.717, 1.165) is 13.8 Å². The van der Waals surface area contributed by atoms with E-state index in [4.69, 9.17) is 4.55 Å². The summed E-state index contributed by atoms with van der Waals surface area (Å²) in [4.78, 5) is 0. The largest absolute Gasteiger partial charge is 0.437 e. The monoisotopic (exact) mass is 496 g/mol. The molecule has 0 saturated carbocycles. The molecule has 1 N–H and O–H groups in total. The number of alkyl halides is 9. The van der Waals surface area contributed by atoms with Crippen LogP contribution in [0.1, 0.15) is 78.6 Å². The summed E-state index contributed by atoms with van der Waals surface area (Å²) in [6.45, 7) is 3.56. The average molecular weight is 496 g/mol. The number of halogens is 9. The van der Waals surface area contributed by atoms with E-state index >= 15 is 8.78 Å². The summed E-state index contributed by atoms with van der Waals surface area (Å²) in [5.41, 5.74) is -2.73. The minimum Gasteiger partial charge on any atom is -0.281 e. The predicted octanol–water partition coefficient (Wildman–Crippen LogP) is 7.47. The van der Waals surface area contributed by atoms with Crippen molar-refractivity contribution in [2.45, 2.75) is 102 Å². The molecule has 0 saturated heterocycles. The van der Waals surface area contributed by atoms with E-state index in [2.05, 4.69) is 0 Å². The van der Waals surface area contributed by atoms with Crippen molar-refractivity contribution in [2.75, 3.05) is 0 Å². The molecule has 0 amide bonds. The van der Waals surface area contributed by atoms with Gasteiger partial charge in [-0.25, -0.2) is 0 Å². The van der Waals surface area contributed by atoms with Gasteiger partial charge in [-0.1, -0.05) is 46.5 Å². The predicted molar refractivity (Wildman–Crippen MR) is 96.9 cm³/mol. The van der Waals surface area contributed by atoms with Gasteiger partial charge in [-0.2, -0.15) is 47.9 Å². The Balaban J connectivity index is 5.75. The maximum absolute atomic E-state index is 15.0. The van der Waals surface area contributed by atoms with Crippen LogP contribution in [0.2, 0.25) is 0 Å². The van der Waals surface area contributed by atoms with Gasteiger partial charge in [0.1, 0.15) is 0 Å². The first kappa shape index (κ1) is 30.3. The van der Waals surface area contributed by atoms with Crippen molar-refractivity contribution in [2.24, 2.45) is 11.3 Å². The van der Waals surface area contributed by atoms with Crippen LogP contribution < -0.4 is 0 Å². The molecule has 13 heteroatoms. The Morgan fingerprint density at radius 3 is 1.55 bits per heavy atom. The second kappa shape index (κ2) is 10.5. The van der Waals surface area contributed by atoms with Gasteiger partial charge >= 0.3 is 33.4 Å². The highest BCUT2D eigenvalue weighted by molar-refractivity contribution is 7.87. The van der Waals surface area contributed by atoms with Gasteiger partial charge in [0.25, 0.3) is 0 Å². The number of rotatable bonds is 14. The fourth-order valence-corrected chi connectivity index (χ4v) is 4.58. The minimum absolute atomic E-state index is 0.106. The molecule has 3 nitrogen and oxygen atoms in total. The van der Waals surface area contributed by atoms with E-state index in [-0.39, 0.29) is 38.5 Å². The summed E-state index contributed by atoms with van der Waals surface area (Å²) in [6, 6.07) is 0. The summed E-state index contributed by atoms with van der Waals surface area (Å²) in [5, 5.41) is -6.42. The van der Waals surface area contributed by atoms with Crippen LogP contribution in [0.25, 0.3) is 0 Å². The first-order chi connectivity index (χ1) is 13.8. The molecule has 0 aliphatic rings. The minimum atomic E-state index is -6.85. The molecule has 0 rings (SSSR count). The third kappa shape index (κ3) is 6.20. The normalized spacial score (nSPS) is 15.9. The maximum atomic E-state index is 15.0. The lowest BCUT2D eigenvalue weighted by Crippen LogP contribution is -2.65. The molecule has 0 heterocycles.